The van der Waals surface area contributed by atoms with Crippen molar-refractivity contribution in [2.45, 2.75) is 18.6 Å². The van der Waals surface area contributed by atoms with Gasteiger partial charge in [0.05, 0.1) is 28.6 Å². The second-order valence-electron chi connectivity index (χ2n) is 7.94. The average Bonchev–Trinajstić information content (AvgIpc) is 3.08. The van der Waals surface area contributed by atoms with Crippen LogP contribution >= 0.6 is 11.8 Å². The molecule has 6 nitrogen and oxygen atoms in total. The summed E-state index contributed by atoms with van der Waals surface area (Å²) in [6, 6.07) is 22.2. The molecular weight excluding hydrogens is 434 g/mol. The van der Waals surface area contributed by atoms with Crippen LogP contribution in [0.2, 0.25) is 0 Å². The first kappa shape index (κ1) is 21.2. The molecule has 1 aromatic heterocycles. The van der Waals surface area contributed by atoms with Crippen LogP contribution in [0, 0.1) is 6.92 Å². The minimum absolute atomic E-state index is 0.107. The Morgan fingerprint density at radius 3 is 2.15 bits per heavy atom. The Morgan fingerprint density at radius 2 is 1.45 bits per heavy atom. The SMILES string of the molecule is Cc1ccc(Cn2c(SCCN3C(=O)c4ccccc4C3=O)nc3ccccc3c2=O)cc1. The number of amides is 2. The molecule has 7 heteroatoms. The van der Waals surface area contributed by atoms with E-state index in [1.165, 1.54) is 16.7 Å². The number of hydrogen-bond donors (Lipinski definition) is 0. The topological polar surface area (TPSA) is 72.3 Å². The van der Waals surface area contributed by atoms with Crippen LogP contribution in [0.4, 0.5) is 0 Å². The maximum Gasteiger partial charge on any atom is 0.262 e. The van der Waals surface area contributed by atoms with Crippen molar-refractivity contribution >= 4 is 34.5 Å². The highest BCUT2D eigenvalue weighted by Crippen LogP contribution is 2.24. The van der Waals surface area contributed by atoms with E-state index in [0.29, 0.717) is 39.5 Å². The van der Waals surface area contributed by atoms with Gasteiger partial charge < -0.3 is 0 Å². The van der Waals surface area contributed by atoms with E-state index >= 15 is 0 Å². The maximum absolute atomic E-state index is 13.3. The lowest BCUT2D eigenvalue weighted by Crippen LogP contribution is -2.32. The number of imide groups is 1. The van der Waals surface area contributed by atoms with Gasteiger partial charge in [-0.1, -0.05) is 65.9 Å². The molecule has 0 saturated heterocycles. The zero-order valence-electron chi connectivity index (χ0n) is 18.0. The van der Waals surface area contributed by atoms with E-state index in [2.05, 4.69) is 0 Å². The van der Waals surface area contributed by atoms with Gasteiger partial charge in [0.1, 0.15) is 0 Å². The smallest absolute Gasteiger partial charge is 0.262 e. The molecule has 4 aromatic rings. The fraction of sp³-hybridized carbons (Fsp3) is 0.154. The summed E-state index contributed by atoms with van der Waals surface area (Å²) in [6.07, 6.45) is 0. The molecule has 0 radical (unpaired) electrons. The minimum Gasteiger partial charge on any atom is -0.283 e. The quantitative estimate of drug-likeness (QED) is 0.248. The third-order valence-corrected chi connectivity index (χ3v) is 6.67. The first-order valence-corrected chi connectivity index (χ1v) is 11.6. The van der Waals surface area contributed by atoms with Gasteiger partial charge in [-0.05, 0) is 36.8 Å². The number of rotatable bonds is 6. The summed E-state index contributed by atoms with van der Waals surface area (Å²) in [7, 11) is 0. The van der Waals surface area contributed by atoms with Crippen molar-refractivity contribution in [1.82, 2.24) is 14.5 Å². The lowest BCUT2D eigenvalue weighted by molar-refractivity contribution is 0.0664. The number of fused-ring (bicyclic) bond motifs is 2. The van der Waals surface area contributed by atoms with Gasteiger partial charge in [0.2, 0.25) is 0 Å². The van der Waals surface area contributed by atoms with Crippen LogP contribution in [0.3, 0.4) is 0 Å². The van der Waals surface area contributed by atoms with E-state index < -0.39 is 0 Å². The fourth-order valence-electron chi connectivity index (χ4n) is 3.94. The Kier molecular flexibility index (Phi) is 5.56. The summed E-state index contributed by atoms with van der Waals surface area (Å²) in [5.41, 5.74) is 3.55. The van der Waals surface area contributed by atoms with Gasteiger partial charge in [-0.25, -0.2) is 4.98 Å². The van der Waals surface area contributed by atoms with Crippen LogP contribution in [-0.4, -0.2) is 38.6 Å². The standard InChI is InChI=1S/C26H21N3O3S/c1-17-10-12-18(13-11-17)16-29-25(32)21-8-4-5-9-22(21)27-26(29)33-15-14-28-23(30)19-6-2-3-7-20(19)24(28)31/h2-13H,14-16H2,1H3. The van der Waals surface area contributed by atoms with Crippen LogP contribution in [0.1, 0.15) is 31.8 Å². The Balaban J connectivity index is 1.41. The number of para-hydroxylation sites is 1. The summed E-state index contributed by atoms with van der Waals surface area (Å²) in [5, 5.41) is 1.13. The van der Waals surface area contributed by atoms with E-state index in [1.54, 1.807) is 34.9 Å². The van der Waals surface area contributed by atoms with E-state index in [-0.39, 0.29) is 23.9 Å². The number of thioether (sulfide) groups is 1. The van der Waals surface area contributed by atoms with Gasteiger partial charge >= 0.3 is 0 Å². The van der Waals surface area contributed by atoms with Gasteiger partial charge in [-0.3, -0.25) is 23.9 Å². The van der Waals surface area contributed by atoms with Crippen molar-refractivity contribution in [1.29, 1.82) is 0 Å². The molecule has 0 saturated carbocycles. The van der Waals surface area contributed by atoms with E-state index in [4.69, 9.17) is 4.98 Å². The summed E-state index contributed by atoms with van der Waals surface area (Å²) in [4.78, 5) is 44.6. The maximum atomic E-state index is 13.3. The second-order valence-corrected chi connectivity index (χ2v) is 9.01. The molecule has 164 valence electrons. The second kappa shape index (κ2) is 8.67. The Morgan fingerprint density at radius 1 is 0.818 bits per heavy atom. The van der Waals surface area contributed by atoms with Gasteiger partial charge in [0.15, 0.2) is 5.16 Å². The molecule has 2 amide bonds. The number of nitrogens with zero attached hydrogens (tertiary/aromatic N) is 3. The Bertz CT molecular complexity index is 1410. The normalized spacial score (nSPS) is 13.1. The van der Waals surface area contributed by atoms with Gasteiger partial charge in [0, 0.05) is 12.3 Å². The third kappa shape index (κ3) is 3.96. The number of aryl methyl sites for hydroxylation is 1. The molecule has 3 aromatic carbocycles. The first-order chi connectivity index (χ1) is 16.0. The van der Waals surface area contributed by atoms with Gasteiger partial charge in [0.25, 0.3) is 17.4 Å². The Hall–Kier alpha value is -3.71. The predicted molar refractivity (Wildman–Crippen MR) is 129 cm³/mol. The third-order valence-electron chi connectivity index (χ3n) is 5.71. The highest BCUT2D eigenvalue weighted by Gasteiger charge is 2.34. The molecular formula is C26H21N3O3S. The monoisotopic (exact) mass is 455 g/mol. The van der Waals surface area contributed by atoms with E-state index in [9.17, 15) is 14.4 Å². The highest BCUT2D eigenvalue weighted by molar-refractivity contribution is 7.99. The van der Waals surface area contributed by atoms with Crippen molar-refractivity contribution in [2.75, 3.05) is 12.3 Å². The van der Waals surface area contributed by atoms with Crippen molar-refractivity contribution in [3.63, 3.8) is 0 Å². The molecule has 2 heterocycles. The van der Waals surface area contributed by atoms with E-state index in [1.807, 2.05) is 49.4 Å². The molecule has 0 bridgehead atoms. The summed E-state index contributed by atoms with van der Waals surface area (Å²) in [6.45, 7) is 2.66. The molecule has 0 fully saturated rings. The number of benzene rings is 3. The van der Waals surface area contributed by atoms with Crippen LogP contribution in [-0.2, 0) is 6.54 Å². The number of carbonyl (C=O) groups excluding carboxylic acids is 2. The summed E-state index contributed by atoms with van der Waals surface area (Å²) >= 11 is 1.37. The number of carbonyl (C=O) groups is 2. The summed E-state index contributed by atoms with van der Waals surface area (Å²) < 4.78 is 1.67. The summed E-state index contributed by atoms with van der Waals surface area (Å²) in [5.74, 6) is -0.121. The highest BCUT2D eigenvalue weighted by atomic mass is 32.2. The van der Waals surface area contributed by atoms with Crippen LogP contribution in [0.5, 0.6) is 0 Å². The molecule has 0 unspecified atom stereocenters. The van der Waals surface area contributed by atoms with Crippen molar-refractivity contribution in [3.8, 4) is 0 Å². The van der Waals surface area contributed by atoms with E-state index in [0.717, 1.165) is 11.1 Å². The van der Waals surface area contributed by atoms with Gasteiger partial charge in [-0.15, -0.1) is 0 Å². The molecule has 0 N–H and O–H groups in total. The average molecular weight is 456 g/mol. The Labute approximate surface area is 194 Å². The largest absolute Gasteiger partial charge is 0.283 e. The van der Waals surface area contributed by atoms with Crippen LogP contribution < -0.4 is 5.56 Å². The molecule has 0 spiro atoms. The minimum atomic E-state index is -0.278. The van der Waals surface area contributed by atoms with Crippen molar-refractivity contribution in [2.24, 2.45) is 0 Å². The zero-order chi connectivity index (χ0) is 22.9. The molecule has 1 aliphatic heterocycles. The number of aromatic nitrogens is 2. The number of hydrogen-bond acceptors (Lipinski definition) is 5. The first-order valence-electron chi connectivity index (χ1n) is 10.7. The zero-order valence-corrected chi connectivity index (χ0v) is 18.8. The molecule has 0 aliphatic carbocycles. The van der Waals surface area contributed by atoms with Crippen molar-refractivity contribution in [3.05, 3.63) is 105 Å². The molecule has 33 heavy (non-hydrogen) atoms. The van der Waals surface area contributed by atoms with Gasteiger partial charge in [-0.2, -0.15) is 0 Å². The van der Waals surface area contributed by atoms with Crippen molar-refractivity contribution < 1.29 is 9.59 Å². The van der Waals surface area contributed by atoms with Crippen LogP contribution in [0.25, 0.3) is 10.9 Å². The molecule has 5 rings (SSSR count). The fourth-order valence-corrected chi connectivity index (χ4v) is 4.87. The lowest BCUT2D eigenvalue weighted by Gasteiger charge is -2.16. The molecule has 1 aliphatic rings. The lowest BCUT2D eigenvalue weighted by atomic mass is 10.1. The predicted octanol–water partition coefficient (Wildman–Crippen LogP) is 4.14. The molecule has 0 atom stereocenters. The van der Waals surface area contributed by atoms with Crippen LogP contribution in [0.15, 0.2) is 82.7 Å².